The summed E-state index contributed by atoms with van der Waals surface area (Å²) in [5.74, 6) is 0.531. The van der Waals surface area contributed by atoms with E-state index in [0.717, 1.165) is 22.9 Å². The minimum absolute atomic E-state index is 0.0943. The van der Waals surface area contributed by atoms with E-state index in [0.29, 0.717) is 28.9 Å². The van der Waals surface area contributed by atoms with Crippen LogP contribution in [0.5, 0.6) is 0 Å². The van der Waals surface area contributed by atoms with Crippen LogP contribution in [0.25, 0.3) is 23.2 Å². The molecule has 8 nitrogen and oxygen atoms in total. The molecule has 2 saturated heterocycles. The molecule has 0 bridgehead atoms. The van der Waals surface area contributed by atoms with Gasteiger partial charge in [0.15, 0.2) is 23.5 Å². The Bertz CT molecular complexity index is 1470. The fourth-order valence-electron chi connectivity index (χ4n) is 5.08. The fraction of sp³-hybridized carbons (Fsp3) is 0.345. The predicted octanol–water partition coefficient (Wildman–Crippen LogP) is 6.09. The van der Waals surface area contributed by atoms with E-state index in [4.69, 9.17) is 40.9 Å². The Balaban J connectivity index is 1.40. The highest BCUT2D eigenvalue weighted by Crippen LogP contribution is 2.44. The van der Waals surface area contributed by atoms with Crippen molar-refractivity contribution in [1.82, 2.24) is 19.7 Å². The molecule has 2 aromatic heterocycles. The zero-order chi connectivity index (χ0) is 26.3. The van der Waals surface area contributed by atoms with Crippen LogP contribution in [0.3, 0.4) is 0 Å². The van der Waals surface area contributed by atoms with Gasteiger partial charge in [-0.25, -0.2) is 14.6 Å². The first-order valence-electron chi connectivity index (χ1n) is 12.9. The minimum atomic E-state index is -0.687. The summed E-state index contributed by atoms with van der Waals surface area (Å²) < 4.78 is 20.7. The number of nitrogens with zero attached hydrogens (tertiary/aromatic N) is 4. The average molecular weight is 532 g/mol. The van der Waals surface area contributed by atoms with Crippen molar-refractivity contribution in [3.05, 3.63) is 82.8 Å². The van der Waals surface area contributed by atoms with E-state index in [1.165, 1.54) is 0 Å². The number of hydrogen-bond acceptors (Lipinski definition) is 7. The maximum Gasteiger partial charge on any atom is 0.181 e. The van der Waals surface area contributed by atoms with Crippen molar-refractivity contribution in [3.8, 4) is 0 Å². The Hall–Kier alpha value is -3.30. The zero-order valence-corrected chi connectivity index (χ0v) is 22.3. The third-order valence-corrected chi connectivity index (χ3v) is 7.24. The standard InChI is InChI=1S/C29H30ClN5O3/c1-4-22-24-25(38-29(2,3)37-24)28(36-22)35-27-20(17-32-35)26(31-16-19-12-8-9-13-21(19)30)33-23(34-27)15-14-18-10-6-5-7-11-18/h5-15,17,22,24-25,28H,4,16H2,1-3H3,(H,31,33,34)/b15-14+/t22-,24-,25-,28-/m1/s1. The van der Waals surface area contributed by atoms with Gasteiger partial charge in [-0.1, -0.05) is 73.1 Å². The molecule has 0 aliphatic carbocycles. The topological polar surface area (TPSA) is 83.3 Å². The number of halogens is 1. The molecule has 6 rings (SSSR count). The molecule has 4 atom stereocenters. The van der Waals surface area contributed by atoms with Crippen molar-refractivity contribution < 1.29 is 14.2 Å². The SMILES string of the molecule is CC[C@H]1O[C@@H](n2ncc3c(NCc4ccccc4Cl)nc(/C=C/c4ccccc4)nc32)[C@@H]2OC(C)(C)O[C@@H]21. The van der Waals surface area contributed by atoms with Crippen LogP contribution >= 0.6 is 11.6 Å². The molecule has 0 amide bonds. The molecule has 2 aliphatic rings. The van der Waals surface area contributed by atoms with Crippen molar-refractivity contribution in [2.75, 3.05) is 5.32 Å². The second-order valence-corrected chi connectivity index (χ2v) is 10.4. The number of benzene rings is 2. The molecule has 4 heterocycles. The summed E-state index contributed by atoms with van der Waals surface area (Å²) in [6.07, 6.45) is 5.44. The summed E-state index contributed by atoms with van der Waals surface area (Å²) >= 11 is 6.41. The summed E-state index contributed by atoms with van der Waals surface area (Å²) in [6.45, 7) is 6.46. The summed E-state index contributed by atoms with van der Waals surface area (Å²) in [4.78, 5) is 9.71. The van der Waals surface area contributed by atoms with E-state index in [2.05, 4.69) is 12.2 Å². The monoisotopic (exact) mass is 531 g/mol. The van der Waals surface area contributed by atoms with E-state index >= 15 is 0 Å². The van der Waals surface area contributed by atoms with Crippen molar-refractivity contribution in [3.63, 3.8) is 0 Å². The molecule has 4 aromatic rings. The molecular formula is C29H30ClN5O3. The van der Waals surface area contributed by atoms with Crippen molar-refractivity contribution in [2.24, 2.45) is 0 Å². The quantitative estimate of drug-likeness (QED) is 0.309. The average Bonchev–Trinajstić information content (AvgIpc) is 3.57. The number of nitrogens with one attached hydrogen (secondary N) is 1. The van der Waals surface area contributed by atoms with Gasteiger partial charge in [0.1, 0.15) is 18.0 Å². The Morgan fingerprint density at radius 1 is 1.00 bits per heavy atom. The number of rotatable bonds is 7. The number of hydrogen-bond donors (Lipinski definition) is 1. The molecular weight excluding hydrogens is 502 g/mol. The van der Waals surface area contributed by atoms with Gasteiger partial charge in [-0.3, -0.25) is 0 Å². The first-order valence-corrected chi connectivity index (χ1v) is 13.3. The molecule has 2 aromatic carbocycles. The van der Waals surface area contributed by atoms with Gasteiger partial charge in [-0.15, -0.1) is 0 Å². The van der Waals surface area contributed by atoms with Gasteiger partial charge in [0, 0.05) is 11.6 Å². The molecule has 2 fully saturated rings. The first kappa shape index (κ1) is 25.0. The van der Waals surface area contributed by atoms with Gasteiger partial charge in [-0.05, 0) is 43.5 Å². The predicted molar refractivity (Wildman–Crippen MR) is 147 cm³/mol. The Labute approximate surface area is 226 Å². The Morgan fingerprint density at radius 3 is 2.55 bits per heavy atom. The van der Waals surface area contributed by atoms with Gasteiger partial charge in [0.2, 0.25) is 0 Å². The molecule has 0 radical (unpaired) electrons. The van der Waals surface area contributed by atoms with Crippen molar-refractivity contribution in [1.29, 1.82) is 0 Å². The van der Waals surface area contributed by atoms with Gasteiger partial charge in [-0.2, -0.15) is 5.10 Å². The lowest BCUT2D eigenvalue weighted by Crippen LogP contribution is -2.28. The molecule has 196 valence electrons. The lowest BCUT2D eigenvalue weighted by molar-refractivity contribution is -0.197. The molecule has 1 N–H and O–H groups in total. The third-order valence-electron chi connectivity index (χ3n) is 6.87. The summed E-state index contributed by atoms with van der Waals surface area (Å²) in [6, 6.07) is 17.8. The third kappa shape index (κ3) is 4.80. The van der Waals surface area contributed by atoms with E-state index in [9.17, 15) is 0 Å². The van der Waals surface area contributed by atoms with Crippen LogP contribution in [0.15, 0.2) is 60.8 Å². The van der Waals surface area contributed by atoms with Gasteiger partial charge in [0.25, 0.3) is 0 Å². The lowest BCUT2D eigenvalue weighted by Gasteiger charge is -2.24. The van der Waals surface area contributed by atoms with Crippen LogP contribution in [-0.4, -0.2) is 43.8 Å². The highest BCUT2D eigenvalue weighted by molar-refractivity contribution is 6.31. The first-order chi connectivity index (χ1) is 18.4. The van der Waals surface area contributed by atoms with E-state index in [1.807, 2.05) is 80.6 Å². The maximum absolute atomic E-state index is 6.41. The zero-order valence-electron chi connectivity index (χ0n) is 21.5. The molecule has 0 spiro atoms. The molecule has 0 saturated carbocycles. The fourth-order valence-corrected chi connectivity index (χ4v) is 5.28. The Morgan fingerprint density at radius 2 is 1.76 bits per heavy atom. The van der Waals surface area contributed by atoms with Crippen LogP contribution < -0.4 is 5.32 Å². The van der Waals surface area contributed by atoms with E-state index in [-0.39, 0.29) is 18.3 Å². The highest BCUT2D eigenvalue weighted by atomic mass is 35.5. The largest absolute Gasteiger partial charge is 0.365 e. The van der Waals surface area contributed by atoms with Crippen LogP contribution in [0.4, 0.5) is 5.82 Å². The number of anilines is 1. The van der Waals surface area contributed by atoms with Gasteiger partial charge >= 0.3 is 0 Å². The Kier molecular flexibility index (Phi) is 6.65. The highest BCUT2D eigenvalue weighted by Gasteiger charge is 2.55. The molecule has 2 aliphatic heterocycles. The van der Waals surface area contributed by atoms with E-state index in [1.54, 1.807) is 10.9 Å². The number of ether oxygens (including phenoxy) is 3. The van der Waals surface area contributed by atoms with Crippen molar-refractivity contribution >= 4 is 40.6 Å². The molecule has 0 unspecified atom stereocenters. The van der Waals surface area contributed by atoms with Crippen LogP contribution in [0.1, 0.15) is 50.4 Å². The molecule has 38 heavy (non-hydrogen) atoms. The lowest BCUT2D eigenvalue weighted by atomic mass is 10.1. The smallest absolute Gasteiger partial charge is 0.181 e. The maximum atomic E-state index is 6.41. The number of aromatic nitrogens is 4. The normalized spacial score (nSPS) is 24.3. The second-order valence-electron chi connectivity index (χ2n) is 9.98. The summed E-state index contributed by atoms with van der Waals surface area (Å²) in [5, 5.41) is 9.64. The van der Waals surface area contributed by atoms with Crippen molar-refractivity contribution in [2.45, 2.75) is 64.1 Å². The van der Waals surface area contributed by atoms with Gasteiger partial charge in [0.05, 0.1) is 17.7 Å². The molecule has 9 heteroatoms. The second kappa shape index (κ2) is 10.1. The number of fused-ring (bicyclic) bond motifs is 2. The summed E-state index contributed by atoms with van der Waals surface area (Å²) in [5.41, 5.74) is 2.69. The van der Waals surface area contributed by atoms with Crippen LogP contribution in [0, 0.1) is 0 Å². The minimum Gasteiger partial charge on any atom is -0.365 e. The van der Waals surface area contributed by atoms with Crippen LogP contribution in [0.2, 0.25) is 5.02 Å². The van der Waals surface area contributed by atoms with E-state index < -0.39 is 12.0 Å². The summed E-state index contributed by atoms with van der Waals surface area (Å²) in [7, 11) is 0. The van der Waals surface area contributed by atoms with Crippen LogP contribution in [-0.2, 0) is 20.8 Å². The van der Waals surface area contributed by atoms with Gasteiger partial charge < -0.3 is 19.5 Å².